The summed E-state index contributed by atoms with van der Waals surface area (Å²) in [5, 5.41) is 0. The van der Waals surface area contributed by atoms with E-state index in [0.29, 0.717) is 5.92 Å². The van der Waals surface area contributed by atoms with Crippen molar-refractivity contribution in [2.45, 2.75) is 25.6 Å². The van der Waals surface area contributed by atoms with Crippen molar-refractivity contribution in [3.05, 3.63) is 35.4 Å². The van der Waals surface area contributed by atoms with Crippen LogP contribution in [0.3, 0.4) is 0 Å². The Morgan fingerprint density at radius 2 is 1.71 bits per heavy atom. The van der Waals surface area contributed by atoms with Crippen LogP contribution in [0.25, 0.3) is 0 Å². The summed E-state index contributed by atoms with van der Waals surface area (Å²) in [6.45, 7) is 6.08. The maximum Gasteiger partial charge on any atom is 0.176 e. The first kappa shape index (κ1) is 11.4. The fraction of sp³-hybridized carbons (Fsp3) is 0.417. The van der Waals surface area contributed by atoms with Gasteiger partial charge in [-0.2, -0.15) is 0 Å². The molecule has 0 amide bonds. The number of aryl methyl sites for hydroxylation is 1. The van der Waals surface area contributed by atoms with Gasteiger partial charge >= 0.3 is 0 Å². The number of halogens is 1. The van der Waals surface area contributed by atoms with Gasteiger partial charge in [-0.15, -0.1) is 0 Å². The molecule has 2 heteroatoms. The molecule has 14 heavy (non-hydrogen) atoms. The molecule has 0 saturated heterocycles. The van der Waals surface area contributed by atoms with Crippen molar-refractivity contribution in [2.75, 3.05) is 0 Å². The third kappa shape index (κ3) is 2.68. The van der Waals surface area contributed by atoms with Crippen LogP contribution in [0, 0.1) is 12.8 Å². The highest BCUT2D eigenvalue weighted by molar-refractivity contribution is 9.10. The summed E-state index contributed by atoms with van der Waals surface area (Å²) >= 11 is 3.41. The van der Waals surface area contributed by atoms with E-state index < -0.39 is 0 Å². The summed E-state index contributed by atoms with van der Waals surface area (Å²) in [7, 11) is 0. The van der Waals surface area contributed by atoms with Crippen LogP contribution in [0.4, 0.5) is 0 Å². The number of carbonyl (C=O) groups is 1. The summed E-state index contributed by atoms with van der Waals surface area (Å²) in [5.74, 6) is 0.490. The lowest BCUT2D eigenvalue weighted by Gasteiger charge is -2.12. The Kier molecular flexibility index (Phi) is 3.87. The van der Waals surface area contributed by atoms with E-state index in [9.17, 15) is 4.79 Å². The van der Waals surface area contributed by atoms with Gasteiger partial charge in [-0.25, -0.2) is 0 Å². The number of ketones is 1. The van der Waals surface area contributed by atoms with Gasteiger partial charge in [0.2, 0.25) is 0 Å². The predicted molar refractivity (Wildman–Crippen MR) is 63.1 cm³/mol. The number of hydrogen-bond acceptors (Lipinski definition) is 1. The van der Waals surface area contributed by atoms with Gasteiger partial charge in [0, 0.05) is 5.56 Å². The summed E-state index contributed by atoms with van der Waals surface area (Å²) in [5.41, 5.74) is 1.96. The largest absolute Gasteiger partial charge is 0.293 e. The monoisotopic (exact) mass is 254 g/mol. The number of benzene rings is 1. The van der Waals surface area contributed by atoms with Crippen LogP contribution >= 0.6 is 15.9 Å². The first-order valence-electron chi connectivity index (χ1n) is 4.77. The summed E-state index contributed by atoms with van der Waals surface area (Å²) in [6.07, 6.45) is 0. The molecule has 0 spiro atoms. The Morgan fingerprint density at radius 1 is 1.21 bits per heavy atom. The minimum absolute atomic E-state index is 0.0785. The zero-order chi connectivity index (χ0) is 10.7. The lowest BCUT2D eigenvalue weighted by atomic mass is 10.0. The van der Waals surface area contributed by atoms with E-state index in [2.05, 4.69) is 15.9 Å². The average molecular weight is 255 g/mol. The summed E-state index contributed by atoms with van der Waals surface area (Å²) in [4.78, 5) is 11.8. The first-order valence-corrected chi connectivity index (χ1v) is 5.69. The molecule has 0 saturated carbocycles. The van der Waals surface area contributed by atoms with Gasteiger partial charge in [0.25, 0.3) is 0 Å². The number of Topliss-reactive ketones (excluding diaryl/α,β-unsaturated/α-hetero) is 1. The fourth-order valence-electron chi connectivity index (χ4n) is 1.18. The van der Waals surface area contributed by atoms with Crippen LogP contribution in [-0.2, 0) is 0 Å². The van der Waals surface area contributed by atoms with Gasteiger partial charge in [0.15, 0.2) is 5.78 Å². The SMILES string of the molecule is Cc1ccc(C(=O)C(Br)C(C)C)cc1. The van der Waals surface area contributed by atoms with Crippen molar-refractivity contribution in [1.29, 1.82) is 0 Å². The Hall–Kier alpha value is -0.630. The van der Waals surface area contributed by atoms with E-state index in [1.54, 1.807) is 0 Å². The molecule has 1 atom stereocenters. The van der Waals surface area contributed by atoms with Crippen LogP contribution in [-0.4, -0.2) is 10.6 Å². The van der Waals surface area contributed by atoms with E-state index >= 15 is 0 Å². The predicted octanol–water partition coefficient (Wildman–Crippen LogP) is 3.60. The molecular weight excluding hydrogens is 240 g/mol. The van der Waals surface area contributed by atoms with Gasteiger partial charge < -0.3 is 0 Å². The van der Waals surface area contributed by atoms with Gasteiger partial charge in [0.1, 0.15) is 0 Å². The van der Waals surface area contributed by atoms with E-state index in [4.69, 9.17) is 0 Å². The number of alkyl halides is 1. The quantitative estimate of drug-likeness (QED) is 0.595. The van der Waals surface area contributed by atoms with Crippen LogP contribution in [0.5, 0.6) is 0 Å². The Bertz CT molecular complexity index is 314. The third-order valence-electron chi connectivity index (χ3n) is 2.17. The Labute approximate surface area is 93.7 Å². The maximum atomic E-state index is 11.9. The summed E-state index contributed by atoms with van der Waals surface area (Å²) < 4.78 is 0. The standard InChI is InChI=1S/C12H15BrO/c1-8(2)11(13)12(14)10-6-4-9(3)5-7-10/h4-8,11H,1-3H3. The minimum atomic E-state index is -0.0785. The molecule has 0 aliphatic heterocycles. The minimum Gasteiger partial charge on any atom is -0.293 e. The van der Waals surface area contributed by atoms with E-state index in [0.717, 1.165) is 5.56 Å². The molecule has 1 nitrogen and oxygen atoms in total. The van der Waals surface area contributed by atoms with Crippen molar-refractivity contribution in [2.24, 2.45) is 5.92 Å². The Balaban J connectivity index is 2.84. The van der Waals surface area contributed by atoms with Crippen LogP contribution in [0.1, 0.15) is 29.8 Å². The molecule has 1 rings (SSSR count). The molecule has 1 unspecified atom stereocenters. The molecule has 0 bridgehead atoms. The molecule has 0 aromatic heterocycles. The van der Waals surface area contributed by atoms with E-state index in [-0.39, 0.29) is 10.6 Å². The molecule has 76 valence electrons. The van der Waals surface area contributed by atoms with Crippen molar-refractivity contribution in [1.82, 2.24) is 0 Å². The highest BCUT2D eigenvalue weighted by Gasteiger charge is 2.19. The highest BCUT2D eigenvalue weighted by atomic mass is 79.9. The van der Waals surface area contributed by atoms with Crippen molar-refractivity contribution in [3.8, 4) is 0 Å². The second kappa shape index (κ2) is 4.74. The van der Waals surface area contributed by atoms with E-state index in [1.807, 2.05) is 45.0 Å². The average Bonchev–Trinajstić information content (AvgIpc) is 2.16. The summed E-state index contributed by atoms with van der Waals surface area (Å²) in [6, 6.07) is 7.70. The number of rotatable bonds is 3. The molecule has 0 radical (unpaired) electrons. The van der Waals surface area contributed by atoms with Gasteiger partial charge in [-0.1, -0.05) is 59.6 Å². The van der Waals surface area contributed by atoms with Crippen molar-refractivity contribution < 1.29 is 4.79 Å². The van der Waals surface area contributed by atoms with Gasteiger partial charge in [0.05, 0.1) is 4.83 Å². The lowest BCUT2D eigenvalue weighted by molar-refractivity contribution is 0.0978. The zero-order valence-electron chi connectivity index (χ0n) is 8.75. The third-order valence-corrected chi connectivity index (χ3v) is 3.65. The van der Waals surface area contributed by atoms with Crippen molar-refractivity contribution in [3.63, 3.8) is 0 Å². The fourth-order valence-corrected chi connectivity index (χ4v) is 1.44. The molecule has 1 aromatic carbocycles. The highest BCUT2D eigenvalue weighted by Crippen LogP contribution is 2.18. The lowest BCUT2D eigenvalue weighted by Crippen LogP contribution is -2.19. The number of hydrogen-bond donors (Lipinski definition) is 0. The van der Waals surface area contributed by atoms with Crippen LogP contribution < -0.4 is 0 Å². The molecule has 0 heterocycles. The van der Waals surface area contributed by atoms with Crippen molar-refractivity contribution >= 4 is 21.7 Å². The second-order valence-electron chi connectivity index (χ2n) is 3.88. The van der Waals surface area contributed by atoms with Crippen LogP contribution in [0.2, 0.25) is 0 Å². The molecule has 0 aliphatic rings. The topological polar surface area (TPSA) is 17.1 Å². The normalized spacial score (nSPS) is 12.9. The molecule has 1 aromatic rings. The molecule has 0 fully saturated rings. The van der Waals surface area contributed by atoms with Gasteiger partial charge in [-0.3, -0.25) is 4.79 Å². The molecule has 0 N–H and O–H groups in total. The Morgan fingerprint density at radius 3 is 2.14 bits per heavy atom. The zero-order valence-corrected chi connectivity index (χ0v) is 10.3. The second-order valence-corrected chi connectivity index (χ2v) is 4.86. The smallest absolute Gasteiger partial charge is 0.176 e. The van der Waals surface area contributed by atoms with Crippen LogP contribution in [0.15, 0.2) is 24.3 Å². The molecular formula is C12H15BrO. The van der Waals surface area contributed by atoms with E-state index in [1.165, 1.54) is 5.56 Å². The first-order chi connectivity index (χ1) is 6.52. The maximum absolute atomic E-state index is 11.9. The number of carbonyl (C=O) groups excluding carboxylic acids is 1. The van der Waals surface area contributed by atoms with Gasteiger partial charge in [-0.05, 0) is 12.8 Å². The molecule has 0 aliphatic carbocycles.